The summed E-state index contributed by atoms with van der Waals surface area (Å²) in [4.78, 5) is 0. The number of halogens is 2. The van der Waals surface area contributed by atoms with E-state index in [4.69, 9.17) is 16.3 Å². The van der Waals surface area contributed by atoms with E-state index >= 15 is 0 Å². The van der Waals surface area contributed by atoms with Gasteiger partial charge in [-0.1, -0.05) is 46.3 Å². The minimum Gasteiger partial charge on any atom is -0.493 e. The third-order valence-corrected chi connectivity index (χ3v) is 3.91. The molecule has 0 spiro atoms. The number of benzene rings is 2. The molecular weight excluding hydrogens is 336 g/mol. The molecule has 0 radical (unpaired) electrons. The van der Waals surface area contributed by atoms with Crippen molar-refractivity contribution in [3.63, 3.8) is 0 Å². The van der Waals surface area contributed by atoms with Crippen molar-refractivity contribution in [2.45, 2.75) is 25.6 Å². The van der Waals surface area contributed by atoms with Gasteiger partial charge < -0.3 is 4.74 Å². The molecule has 2 aromatic rings. The summed E-state index contributed by atoms with van der Waals surface area (Å²) in [7, 11) is 0. The normalized spacial score (nSPS) is 10.6. The van der Waals surface area contributed by atoms with Crippen molar-refractivity contribution in [1.29, 1.82) is 0 Å². The fourth-order valence-electron chi connectivity index (χ4n) is 2.20. The molecule has 0 heterocycles. The summed E-state index contributed by atoms with van der Waals surface area (Å²) in [6.45, 7) is 2.76. The van der Waals surface area contributed by atoms with E-state index in [1.54, 1.807) is 0 Å². The smallest absolute Gasteiger partial charge is 0.126 e. The monoisotopic (exact) mass is 352 g/mol. The Balaban J connectivity index is 1.91. The second-order valence-corrected chi connectivity index (χ2v) is 5.97. The van der Waals surface area contributed by atoms with Gasteiger partial charge in [-0.25, -0.2) is 0 Å². The lowest BCUT2D eigenvalue weighted by Crippen LogP contribution is -2.03. The summed E-state index contributed by atoms with van der Waals surface area (Å²) in [6.07, 6.45) is 2.04. The van der Waals surface area contributed by atoms with E-state index in [1.807, 2.05) is 19.1 Å². The Morgan fingerprint density at radius 2 is 1.90 bits per heavy atom. The maximum atomic E-state index is 5.98. The Kier molecular flexibility index (Phi) is 5.93. The lowest BCUT2D eigenvalue weighted by Gasteiger charge is -2.13. The highest BCUT2D eigenvalue weighted by atomic mass is 79.9. The van der Waals surface area contributed by atoms with Crippen LogP contribution in [0.3, 0.4) is 0 Å². The average molecular weight is 354 g/mol. The highest BCUT2D eigenvalue weighted by Gasteiger charge is 2.08. The van der Waals surface area contributed by atoms with E-state index in [9.17, 15) is 0 Å². The molecule has 20 heavy (non-hydrogen) atoms. The Hall–Kier alpha value is -0.990. The summed E-state index contributed by atoms with van der Waals surface area (Å²) >= 11 is 9.47. The zero-order valence-corrected chi connectivity index (χ0v) is 13.9. The van der Waals surface area contributed by atoms with E-state index < -0.39 is 0 Å². The standard InChI is InChI=1S/C17H18BrClO/c1-13-10-16(18)11-15(12-19)17(13)20-9-5-8-14-6-3-2-4-7-14/h2-4,6-7,10-11H,5,8-9,12H2,1H3. The van der Waals surface area contributed by atoms with Crippen LogP contribution in [0.1, 0.15) is 23.1 Å². The Morgan fingerprint density at radius 1 is 1.15 bits per heavy atom. The van der Waals surface area contributed by atoms with E-state index in [-0.39, 0.29) is 0 Å². The van der Waals surface area contributed by atoms with E-state index in [0.717, 1.165) is 34.2 Å². The van der Waals surface area contributed by atoms with Gasteiger partial charge in [0.05, 0.1) is 12.5 Å². The van der Waals surface area contributed by atoms with Crippen LogP contribution in [0.4, 0.5) is 0 Å². The van der Waals surface area contributed by atoms with Crippen LogP contribution in [0.2, 0.25) is 0 Å². The van der Waals surface area contributed by atoms with Crippen molar-refractivity contribution in [1.82, 2.24) is 0 Å². The van der Waals surface area contributed by atoms with Gasteiger partial charge in [0.25, 0.3) is 0 Å². The summed E-state index contributed by atoms with van der Waals surface area (Å²) in [5.74, 6) is 1.39. The van der Waals surface area contributed by atoms with Crippen LogP contribution in [0.25, 0.3) is 0 Å². The molecule has 2 aromatic carbocycles. The quantitative estimate of drug-likeness (QED) is 0.491. The Labute approximate surface area is 134 Å². The lowest BCUT2D eigenvalue weighted by molar-refractivity contribution is 0.306. The van der Waals surface area contributed by atoms with Gasteiger partial charge in [-0.05, 0) is 43.0 Å². The van der Waals surface area contributed by atoms with Crippen LogP contribution in [0, 0.1) is 6.92 Å². The molecule has 0 amide bonds. The van der Waals surface area contributed by atoms with E-state index in [0.29, 0.717) is 12.5 Å². The van der Waals surface area contributed by atoms with Gasteiger partial charge >= 0.3 is 0 Å². The second kappa shape index (κ2) is 7.70. The first-order valence-electron chi connectivity index (χ1n) is 6.72. The molecule has 0 saturated heterocycles. The Bertz CT molecular complexity index is 554. The molecule has 0 aliphatic carbocycles. The van der Waals surface area contributed by atoms with Gasteiger partial charge in [-0.15, -0.1) is 11.6 Å². The van der Waals surface area contributed by atoms with E-state index in [2.05, 4.69) is 46.3 Å². The molecule has 2 rings (SSSR count). The predicted octanol–water partition coefficient (Wildman–Crippen LogP) is 5.51. The molecule has 0 atom stereocenters. The molecule has 0 fully saturated rings. The summed E-state index contributed by atoms with van der Waals surface area (Å²) in [6, 6.07) is 14.6. The zero-order valence-electron chi connectivity index (χ0n) is 11.5. The first-order chi connectivity index (χ1) is 9.70. The SMILES string of the molecule is Cc1cc(Br)cc(CCl)c1OCCCc1ccccc1. The fourth-order valence-corrected chi connectivity index (χ4v) is 3.02. The minimum atomic E-state index is 0.467. The first-order valence-corrected chi connectivity index (χ1v) is 8.05. The van der Waals surface area contributed by atoms with Gasteiger partial charge in [-0.3, -0.25) is 0 Å². The van der Waals surface area contributed by atoms with Crippen molar-refractivity contribution in [2.24, 2.45) is 0 Å². The topological polar surface area (TPSA) is 9.23 Å². The van der Waals surface area contributed by atoms with Crippen LogP contribution >= 0.6 is 27.5 Å². The number of ether oxygens (including phenoxy) is 1. The van der Waals surface area contributed by atoms with Crippen molar-refractivity contribution in [3.05, 3.63) is 63.6 Å². The van der Waals surface area contributed by atoms with Crippen LogP contribution in [-0.2, 0) is 12.3 Å². The molecule has 0 aliphatic rings. The molecule has 0 aliphatic heterocycles. The highest BCUT2D eigenvalue weighted by Crippen LogP contribution is 2.29. The number of alkyl halides is 1. The molecule has 0 unspecified atom stereocenters. The maximum absolute atomic E-state index is 5.98. The average Bonchev–Trinajstić information content (AvgIpc) is 2.45. The first kappa shape index (κ1) is 15.4. The number of hydrogen-bond acceptors (Lipinski definition) is 1. The van der Waals surface area contributed by atoms with Crippen LogP contribution in [0.5, 0.6) is 5.75 Å². The highest BCUT2D eigenvalue weighted by molar-refractivity contribution is 9.10. The maximum Gasteiger partial charge on any atom is 0.126 e. The van der Waals surface area contributed by atoms with Crippen molar-refractivity contribution in [2.75, 3.05) is 6.61 Å². The van der Waals surface area contributed by atoms with Gasteiger partial charge in [0.1, 0.15) is 5.75 Å². The minimum absolute atomic E-state index is 0.467. The molecule has 0 aromatic heterocycles. The van der Waals surface area contributed by atoms with Crippen molar-refractivity contribution >= 4 is 27.5 Å². The fraction of sp³-hybridized carbons (Fsp3) is 0.294. The second-order valence-electron chi connectivity index (χ2n) is 4.78. The van der Waals surface area contributed by atoms with Gasteiger partial charge in [0, 0.05) is 10.0 Å². The lowest BCUT2D eigenvalue weighted by atomic mass is 10.1. The van der Waals surface area contributed by atoms with Crippen LogP contribution < -0.4 is 4.74 Å². The molecule has 0 N–H and O–H groups in total. The summed E-state index contributed by atoms with van der Waals surface area (Å²) in [5, 5.41) is 0. The number of aryl methyl sites for hydroxylation is 2. The number of rotatable bonds is 6. The van der Waals surface area contributed by atoms with Gasteiger partial charge in [-0.2, -0.15) is 0 Å². The van der Waals surface area contributed by atoms with Crippen LogP contribution in [0.15, 0.2) is 46.9 Å². The van der Waals surface area contributed by atoms with Gasteiger partial charge in [0.15, 0.2) is 0 Å². The third-order valence-electron chi connectivity index (χ3n) is 3.16. The third kappa shape index (κ3) is 4.26. The predicted molar refractivity (Wildman–Crippen MR) is 88.7 cm³/mol. The molecule has 106 valence electrons. The summed E-state index contributed by atoms with van der Waals surface area (Å²) in [5.41, 5.74) is 3.51. The van der Waals surface area contributed by atoms with E-state index in [1.165, 1.54) is 5.56 Å². The van der Waals surface area contributed by atoms with Crippen molar-refractivity contribution < 1.29 is 4.74 Å². The molecule has 3 heteroatoms. The molecule has 0 saturated carbocycles. The largest absolute Gasteiger partial charge is 0.493 e. The Morgan fingerprint density at radius 3 is 2.60 bits per heavy atom. The molecule has 1 nitrogen and oxygen atoms in total. The molecule has 0 bridgehead atoms. The van der Waals surface area contributed by atoms with Crippen LogP contribution in [-0.4, -0.2) is 6.61 Å². The molecular formula is C17H18BrClO. The summed E-state index contributed by atoms with van der Waals surface area (Å²) < 4.78 is 6.97. The van der Waals surface area contributed by atoms with Crippen molar-refractivity contribution in [3.8, 4) is 5.75 Å². The zero-order chi connectivity index (χ0) is 14.4. The van der Waals surface area contributed by atoms with Gasteiger partial charge in [0.2, 0.25) is 0 Å². The number of hydrogen-bond donors (Lipinski definition) is 0.